The van der Waals surface area contributed by atoms with E-state index in [1.54, 1.807) is 4.90 Å². The summed E-state index contributed by atoms with van der Waals surface area (Å²) in [5.74, 6) is 0.0698. The van der Waals surface area contributed by atoms with Crippen molar-refractivity contribution in [3.63, 3.8) is 0 Å². The standard InChI is InChI=1S/C11H16N2O3/c1-8-4-9(7-16-8)11(14)13-2-3-15-10(5-12)6-13/h8-10H,2-4,6-7H2,1H3. The van der Waals surface area contributed by atoms with Gasteiger partial charge in [0, 0.05) is 6.54 Å². The molecule has 2 aliphatic rings. The second-order valence-corrected chi connectivity index (χ2v) is 4.35. The van der Waals surface area contributed by atoms with Gasteiger partial charge < -0.3 is 14.4 Å². The number of morpholine rings is 1. The van der Waals surface area contributed by atoms with Crippen molar-refractivity contribution in [3.8, 4) is 6.07 Å². The fraction of sp³-hybridized carbons (Fsp3) is 0.818. The highest BCUT2D eigenvalue weighted by atomic mass is 16.5. The van der Waals surface area contributed by atoms with Crippen molar-refractivity contribution in [3.05, 3.63) is 0 Å². The van der Waals surface area contributed by atoms with Crippen molar-refractivity contribution >= 4 is 5.91 Å². The molecule has 0 N–H and O–H groups in total. The van der Waals surface area contributed by atoms with E-state index in [4.69, 9.17) is 14.7 Å². The van der Waals surface area contributed by atoms with Gasteiger partial charge in [0.2, 0.25) is 5.91 Å². The van der Waals surface area contributed by atoms with Crippen LogP contribution in [0.2, 0.25) is 0 Å². The molecule has 5 nitrogen and oxygen atoms in total. The highest BCUT2D eigenvalue weighted by Crippen LogP contribution is 2.22. The number of hydrogen-bond acceptors (Lipinski definition) is 4. The van der Waals surface area contributed by atoms with E-state index in [2.05, 4.69) is 0 Å². The van der Waals surface area contributed by atoms with E-state index in [1.807, 2.05) is 13.0 Å². The Balaban J connectivity index is 1.92. The summed E-state index contributed by atoms with van der Waals surface area (Å²) >= 11 is 0. The molecule has 2 saturated heterocycles. The fourth-order valence-corrected chi connectivity index (χ4v) is 2.18. The number of amides is 1. The minimum absolute atomic E-state index is 0.0348. The van der Waals surface area contributed by atoms with Crippen LogP contribution in [0.25, 0.3) is 0 Å². The zero-order valence-corrected chi connectivity index (χ0v) is 9.39. The molecule has 2 fully saturated rings. The second kappa shape index (κ2) is 4.81. The molecule has 3 atom stereocenters. The van der Waals surface area contributed by atoms with Gasteiger partial charge in [0.15, 0.2) is 6.10 Å². The maximum absolute atomic E-state index is 12.1. The van der Waals surface area contributed by atoms with Crippen LogP contribution in [0.3, 0.4) is 0 Å². The van der Waals surface area contributed by atoms with Crippen LogP contribution in [0.4, 0.5) is 0 Å². The third kappa shape index (κ3) is 2.34. The predicted octanol–water partition coefficient (Wildman–Crippen LogP) is 0.162. The van der Waals surface area contributed by atoms with E-state index in [1.165, 1.54) is 0 Å². The van der Waals surface area contributed by atoms with Crippen LogP contribution in [-0.4, -0.2) is 49.3 Å². The minimum atomic E-state index is -0.475. The van der Waals surface area contributed by atoms with Crippen LogP contribution in [-0.2, 0) is 14.3 Å². The van der Waals surface area contributed by atoms with Gasteiger partial charge in [-0.05, 0) is 13.3 Å². The van der Waals surface area contributed by atoms with Crippen molar-refractivity contribution in [1.82, 2.24) is 4.90 Å². The Kier molecular flexibility index (Phi) is 3.42. The first kappa shape index (κ1) is 11.4. The van der Waals surface area contributed by atoms with E-state index in [9.17, 15) is 4.79 Å². The van der Waals surface area contributed by atoms with Gasteiger partial charge in [0.1, 0.15) is 0 Å². The summed E-state index contributed by atoms with van der Waals surface area (Å²) in [6.07, 6.45) is 0.479. The molecule has 2 heterocycles. The lowest BCUT2D eigenvalue weighted by Crippen LogP contribution is -2.47. The molecule has 0 aliphatic carbocycles. The van der Waals surface area contributed by atoms with E-state index in [-0.39, 0.29) is 17.9 Å². The summed E-state index contributed by atoms with van der Waals surface area (Å²) in [6.45, 7) is 3.91. The fourth-order valence-electron chi connectivity index (χ4n) is 2.18. The molecule has 1 amide bonds. The number of rotatable bonds is 1. The lowest BCUT2D eigenvalue weighted by atomic mass is 10.0. The number of carbonyl (C=O) groups excluding carboxylic acids is 1. The Labute approximate surface area is 94.9 Å². The normalized spacial score (nSPS) is 34.8. The summed E-state index contributed by atoms with van der Waals surface area (Å²) in [7, 11) is 0. The minimum Gasteiger partial charge on any atom is -0.378 e. The number of ether oxygens (including phenoxy) is 2. The van der Waals surface area contributed by atoms with Crippen molar-refractivity contribution in [2.24, 2.45) is 5.92 Å². The molecule has 0 spiro atoms. The number of carbonyl (C=O) groups is 1. The average molecular weight is 224 g/mol. The molecule has 3 unspecified atom stereocenters. The second-order valence-electron chi connectivity index (χ2n) is 4.35. The third-order valence-electron chi connectivity index (χ3n) is 3.07. The highest BCUT2D eigenvalue weighted by Gasteiger charge is 2.33. The summed E-state index contributed by atoms with van der Waals surface area (Å²) in [5.41, 5.74) is 0. The van der Waals surface area contributed by atoms with Crippen molar-refractivity contribution in [2.75, 3.05) is 26.3 Å². The van der Waals surface area contributed by atoms with Gasteiger partial charge in [-0.15, -0.1) is 0 Å². The molecule has 0 aromatic heterocycles. The SMILES string of the molecule is CC1CC(C(=O)N2CCOC(C#N)C2)CO1. The van der Waals surface area contributed by atoms with Gasteiger partial charge in [-0.25, -0.2) is 0 Å². The number of nitriles is 1. The quantitative estimate of drug-likeness (QED) is 0.636. The Hall–Kier alpha value is -1.12. The molecule has 16 heavy (non-hydrogen) atoms. The third-order valence-corrected chi connectivity index (χ3v) is 3.07. The van der Waals surface area contributed by atoms with Crippen LogP contribution in [0.5, 0.6) is 0 Å². The molecule has 5 heteroatoms. The number of hydrogen-bond donors (Lipinski definition) is 0. The Bertz CT molecular complexity index is 313. The van der Waals surface area contributed by atoms with Gasteiger partial charge in [-0.3, -0.25) is 4.79 Å². The van der Waals surface area contributed by atoms with E-state index in [0.717, 1.165) is 6.42 Å². The maximum atomic E-state index is 12.1. The monoisotopic (exact) mass is 224 g/mol. The zero-order chi connectivity index (χ0) is 11.5. The topological polar surface area (TPSA) is 62.6 Å². The van der Waals surface area contributed by atoms with Crippen molar-refractivity contribution in [2.45, 2.75) is 25.6 Å². The summed E-state index contributed by atoms with van der Waals surface area (Å²) < 4.78 is 10.6. The van der Waals surface area contributed by atoms with Crippen LogP contribution >= 0.6 is 0 Å². The molecule has 88 valence electrons. The number of nitrogens with zero attached hydrogens (tertiary/aromatic N) is 2. The van der Waals surface area contributed by atoms with E-state index in [0.29, 0.717) is 26.3 Å². The average Bonchev–Trinajstić information content (AvgIpc) is 2.75. The molecule has 0 bridgehead atoms. The summed E-state index contributed by atoms with van der Waals surface area (Å²) in [5, 5.41) is 8.76. The van der Waals surface area contributed by atoms with Gasteiger partial charge in [0.25, 0.3) is 0 Å². The lowest BCUT2D eigenvalue weighted by Gasteiger charge is -2.31. The maximum Gasteiger partial charge on any atom is 0.228 e. The van der Waals surface area contributed by atoms with E-state index >= 15 is 0 Å². The Morgan fingerprint density at radius 2 is 2.31 bits per heavy atom. The van der Waals surface area contributed by atoms with Crippen LogP contribution < -0.4 is 0 Å². The van der Waals surface area contributed by atoms with Gasteiger partial charge >= 0.3 is 0 Å². The van der Waals surface area contributed by atoms with Gasteiger partial charge in [-0.1, -0.05) is 0 Å². The predicted molar refractivity (Wildman–Crippen MR) is 55.5 cm³/mol. The molecular weight excluding hydrogens is 208 g/mol. The molecular formula is C11H16N2O3. The smallest absolute Gasteiger partial charge is 0.228 e. The molecule has 0 aromatic carbocycles. The molecule has 2 aliphatic heterocycles. The van der Waals surface area contributed by atoms with Gasteiger partial charge in [-0.2, -0.15) is 5.26 Å². The molecule has 0 saturated carbocycles. The Morgan fingerprint density at radius 1 is 1.50 bits per heavy atom. The van der Waals surface area contributed by atoms with Crippen LogP contribution in [0, 0.1) is 17.2 Å². The van der Waals surface area contributed by atoms with Crippen LogP contribution in [0.1, 0.15) is 13.3 Å². The van der Waals surface area contributed by atoms with Crippen LogP contribution in [0.15, 0.2) is 0 Å². The first-order chi connectivity index (χ1) is 7.70. The highest BCUT2D eigenvalue weighted by molar-refractivity contribution is 5.79. The first-order valence-electron chi connectivity index (χ1n) is 5.62. The molecule has 0 aromatic rings. The summed E-state index contributed by atoms with van der Waals surface area (Å²) in [6, 6.07) is 2.04. The van der Waals surface area contributed by atoms with Crippen molar-refractivity contribution in [1.29, 1.82) is 5.26 Å². The first-order valence-corrected chi connectivity index (χ1v) is 5.62. The zero-order valence-electron chi connectivity index (χ0n) is 9.39. The van der Waals surface area contributed by atoms with Crippen molar-refractivity contribution < 1.29 is 14.3 Å². The van der Waals surface area contributed by atoms with E-state index < -0.39 is 6.10 Å². The largest absolute Gasteiger partial charge is 0.378 e. The molecule has 2 rings (SSSR count). The Morgan fingerprint density at radius 3 is 2.94 bits per heavy atom. The summed E-state index contributed by atoms with van der Waals surface area (Å²) in [4.78, 5) is 13.8. The van der Waals surface area contributed by atoms with Gasteiger partial charge in [0.05, 0.1) is 37.8 Å². The molecule has 0 radical (unpaired) electrons. The lowest BCUT2D eigenvalue weighted by molar-refractivity contribution is -0.141.